The number of hydrogen-bond donors (Lipinski definition) is 2. The van der Waals surface area contributed by atoms with E-state index < -0.39 is 17.9 Å². The number of piperidine rings is 1. The number of amides is 1. The number of benzene rings is 1. The molecule has 4 unspecified atom stereocenters. The van der Waals surface area contributed by atoms with Crippen molar-refractivity contribution in [2.45, 2.75) is 82.0 Å². The van der Waals surface area contributed by atoms with Crippen LogP contribution in [-0.4, -0.2) is 85.0 Å². The van der Waals surface area contributed by atoms with Crippen LogP contribution in [0.2, 0.25) is 0 Å². The van der Waals surface area contributed by atoms with E-state index in [0.29, 0.717) is 44.7 Å². The van der Waals surface area contributed by atoms with E-state index in [2.05, 4.69) is 20.6 Å². The number of hydrogen-bond acceptors (Lipinski definition) is 8. The second-order valence-corrected chi connectivity index (χ2v) is 11.3. The number of carbonyl (C=O) groups is 1. The lowest BCUT2D eigenvalue weighted by Crippen LogP contribution is -2.54. The van der Waals surface area contributed by atoms with Gasteiger partial charge in [-0.15, -0.1) is 0 Å². The van der Waals surface area contributed by atoms with E-state index >= 15 is 0 Å². The van der Waals surface area contributed by atoms with Gasteiger partial charge in [-0.05, 0) is 51.0 Å². The van der Waals surface area contributed by atoms with Crippen LogP contribution in [-0.2, 0) is 20.4 Å². The normalized spacial score (nSPS) is 25.8. The highest BCUT2D eigenvalue weighted by molar-refractivity contribution is 5.94. The predicted octanol–water partition coefficient (Wildman–Crippen LogP) is 4.52. The van der Waals surface area contributed by atoms with Crippen LogP contribution in [0.5, 0.6) is 0 Å². The number of carbonyl (C=O) groups excluding carboxylic acids is 1. The van der Waals surface area contributed by atoms with E-state index in [4.69, 9.17) is 14.2 Å². The van der Waals surface area contributed by atoms with Gasteiger partial charge in [-0.25, -0.2) is 9.97 Å². The molecule has 3 saturated heterocycles. The summed E-state index contributed by atoms with van der Waals surface area (Å²) in [6.45, 7) is 3.91. The Labute approximate surface area is 244 Å². The Morgan fingerprint density at radius 1 is 1.10 bits per heavy atom. The van der Waals surface area contributed by atoms with Gasteiger partial charge >= 0.3 is 6.18 Å². The fraction of sp³-hybridized carbons (Fsp3) is 0.633. The number of halogens is 3. The topological polar surface area (TPSA) is 97.8 Å². The van der Waals surface area contributed by atoms with Crippen LogP contribution >= 0.6 is 0 Å². The van der Waals surface area contributed by atoms with Crippen LogP contribution in [0.25, 0.3) is 0 Å². The van der Waals surface area contributed by atoms with Crippen molar-refractivity contribution in [3.8, 4) is 0 Å². The van der Waals surface area contributed by atoms with Gasteiger partial charge in [-0.1, -0.05) is 30.3 Å². The van der Waals surface area contributed by atoms with Crippen LogP contribution in [0, 0.1) is 6.92 Å². The predicted molar refractivity (Wildman–Crippen MR) is 150 cm³/mol. The minimum atomic E-state index is -4.79. The minimum absolute atomic E-state index is 0.00721. The molecule has 4 heterocycles. The summed E-state index contributed by atoms with van der Waals surface area (Å²) in [4.78, 5) is 22.6. The summed E-state index contributed by atoms with van der Waals surface area (Å²) in [7, 11) is 1.67. The van der Waals surface area contributed by atoms with Crippen molar-refractivity contribution in [2.75, 3.05) is 45.3 Å². The zero-order chi connectivity index (χ0) is 29.7. The van der Waals surface area contributed by atoms with E-state index in [1.807, 2.05) is 30.3 Å². The molecule has 4 atom stereocenters. The Hall–Kier alpha value is -2.80. The third-order valence-electron chi connectivity index (χ3n) is 8.46. The average molecular weight is 592 g/mol. The standard InChI is InChI=1S/C30H40F3N5O4/c1-19-26(28(39)38-14-11-21(12-15-38)35-23-13-16-41-18-25(23)40-2)36-29(30(31,32)33)37-27(19)34-17-22-9-6-10-24(42-22)20-7-4-3-5-8-20/h3-5,7-8,21-25,35H,6,9-18H2,1-2H3,(H,34,36,37). The molecule has 0 radical (unpaired) electrons. The van der Waals surface area contributed by atoms with Crippen LogP contribution in [0.15, 0.2) is 30.3 Å². The van der Waals surface area contributed by atoms with Gasteiger partial charge in [-0.2, -0.15) is 13.2 Å². The third-order valence-corrected chi connectivity index (χ3v) is 8.46. The number of aromatic nitrogens is 2. The van der Waals surface area contributed by atoms with Crippen molar-refractivity contribution in [1.82, 2.24) is 20.2 Å². The van der Waals surface area contributed by atoms with E-state index in [0.717, 1.165) is 31.2 Å². The maximum atomic E-state index is 13.8. The largest absolute Gasteiger partial charge is 0.451 e. The van der Waals surface area contributed by atoms with Gasteiger partial charge in [0.05, 0.1) is 24.9 Å². The molecule has 0 saturated carbocycles. The van der Waals surface area contributed by atoms with Gasteiger partial charge in [0.25, 0.3) is 5.91 Å². The molecule has 0 aliphatic carbocycles. The fourth-order valence-electron chi connectivity index (χ4n) is 6.03. The summed E-state index contributed by atoms with van der Waals surface area (Å²) in [6, 6.07) is 10.3. The number of rotatable bonds is 8. The number of nitrogens with zero attached hydrogens (tertiary/aromatic N) is 3. The number of likely N-dealkylation sites (tertiary alicyclic amines) is 1. The molecule has 3 aliphatic heterocycles. The first-order chi connectivity index (χ1) is 20.2. The Balaban J connectivity index is 1.24. The first-order valence-electron chi connectivity index (χ1n) is 14.8. The number of methoxy groups -OCH3 is 1. The zero-order valence-electron chi connectivity index (χ0n) is 24.2. The van der Waals surface area contributed by atoms with Crippen LogP contribution in [0.4, 0.5) is 19.0 Å². The molecule has 0 spiro atoms. The Morgan fingerprint density at radius 3 is 2.57 bits per heavy atom. The van der Waals surface area contributed by atoms with E-state index in [1.54, 1.807) is 18.9 Å². The molecule has 2 N–H and O–H groups in total. The van der Waals surface area contributed by atoms with Crippen molar-refractivity contribution in [3.05, 3.63) is 53.0 Å². The van der Waals surface area contributed by atoms with E-state index in [-0.39, 0.29) is 48.5 Å². The molecule has 42 heavy (non-hydrogen) atoms. The Bertz CT molecular complexity index is 1190. The summed E-state index contributed by atoms with van der Waals surface area (Å²) in [5.74, 6) is -1.83. The molecule has 5 rings (SSSR count). The highest BCUT2D eigenvalue weighted by Gasteiger charge is 2.38. The summed E-state index contributed by atoms with van der Waals surface area (Å²) < 4.78 is 58.8. The lowest BCUT2D eigenvalue weighted by atomic mass is 9.98. The zero-order valence-corrected chi connectivity index (χ0v) is 24.2. The van der Waals surface area contributed by atoms with Gasteiger partial charge in [0.15, 0.2) is 0 Å². The van der Waals surface area contributed by atoms with Crippen molar-refractivity contribution >= 4 is 11.7 Å². The summed E-state index contributed by atoms with van der Waals surface area (Å²) in [5, 5.41) is 6.68. The fourth-order valence-corrected chi connectivity index (χ4v) is 6.03. The molecule has 12 heteroatoms. The molecule has 3 fully saturated rings. The molecule has 2 aromatic rings. The Morgan fingerprint density at radius 2 is 1.86 bits per heavy atom. The van der Waals surface area contributed by atoms with Crippen molar-refractivity contribution < 1.29 is 32.2 Å². The van der Waals surface area contributed by atoms with Crippen LogP contribution < -0.4 is 10.6 Å². The van der Waals surface area contributed by atoms with Gasteiger partial charge in [0, 0.05) is 51.0 Å². The number of alkyl halides is 3. The molecule has 3 aliphatic rings. The maximum absolute atomic E-state index is 13.8. The maximum Gasteiger partial charge on any atom is 0.451 e. The number of anilines is 1. The van der Waals surface area contributed by atoms with Crippen LogP contribution in [0.1, 0.15) is 72.1 Å². The third kappa shape index (κ3) is 7.39. The molecule has 1 aromatic carbocycles. The summed E-state index contributed by atoms with van der Waals surface area (Å²) in [6.07, 6.45) is -0.278. The quantitative estimate of drug-likeness (QED) is 0.463. The van der Waals surface area contributed by atoms with Crippen molar-refractivity contribution in [1.29, 1.82) is 0 Å². The highest BCUT2D eigenvalue weighted by atomic mass is 19.4. The highest BCUT2D eigenvalue weighted by Crippen LogP contribution is 2.33. The molecular formula is C30H40F3N5O4. The molecule has 1 aromatic heterocycles. The Kier molecular flexibility index (Phi) is 9.97. The van der Waals surface area contributed by atoms with Gasteiger partial charge < -0.3 is 29.7 Å². The van der Waals surface area contributed by atoms with Crippen LogP contribution in [0.3, 0.4) is 0 Å². The SMILES string of the molecule is COC1COCCC1NC1CCN(C(=O)c2nc(C(F)(F)F)nc(NCC3CCCC(c4ccccc4)O3)c2C)CC1. The number of ether oxygens (including phenoxy) is 3. The molecule has 230 valence electrons. The van der Waals surface area contributed by atoms with Gasteiger partial charge in [0.1, 0.15) is 11.5 Å². The second kappa shape index (κ2) is 13.7. The molecule has 1 amide bonds. The van der Waals surface area contributed by atoms with Gasteiger partial charge in [-0.3, -0.25) is 4.79 Å². The van der Waals surface area contributed by atoms with Crippen molar-refractivity contribution in [3.63, 3.8) is 0 Å². The van der Waals surface area contributed by atoms with E-state index in [1.165, 1.54) is 0 Å². The smallest absolute Gasteiger partial charge is 0.379 e. The monoisotopic (exact) mass is 591 g/mol. The van der Waals surface area contributed by atoms with Gasteiger partial charge in [0.2, 0.25) is 5.82 Å². The minimum Gasteiger partial charge on any atom is -0.379 e. The first-order valence-corrected chi connectivity index (χ1v) is 14.8. The summed E-state index contributed by atoms with van der Waals surface area (Å²) >= 11 is 0. The molecular weight excluding hydrogens is 551 g/mol. The van der Waals surface area contributed by atoms with E-state index in [9.17, 15) is 18.0 Å². The average Bonchev–Trinajstić information content (AvgIpc) is 3.01. The molecule has 9 nitrogen and oxygen atoms in total. The lowest BCUT2D eigenvalue weighted by molar-refractivity contribution is -0.144. The second-order valence-electron chi connectivity index (χ2n) is 11.3. The summed E-state index contributed by atoms with van der Waals surface area (Å²) in [5.41, 5.74) is 1.16. The number of nitrogens with one attached hydrogen (secondary N) is 2. The first kappa shape index (κ1) is 30.7. The lowest BCUT2D eigenvalue weighted by Gasteiger charge is -2.38. The molecule has 0 bridgehead atoms. The van der Waals surface area contributed by atoms with Crippen molar-refractivity contribution in [2.24, 2.45) is 0 Å².